The monoisotopic (exact) mass is 468 g/mol. The molecule has 1 aliphatic carbocycles. The molecule has 3 heterocycles. The van der Waals surface area contributed by atoms with Gasteiger partial charge < -0.3 is 4.90 Å². The lowest BCUT2D eigenvalue weighted by Crippen LogP contribution is -2.38. The van der Waals surface area contributed by atoms with E-state index in [1.807, 2.05) is 35.4 Å². The first-order valence-corrected chi connectivity index (χ1v) is 12.8. The maximum atomic E-state index is 13.4. The van der Waals surface area contributed by atoms with Gasteiger partial charge in [-0.2, -0.15) is 5.26 Å². The number of carbonyl (C=O) groups excluding carboxylic acids is 1. The second-order valence-electron chi connectivity index (χ2n) is 8.10. The molecule has 0 unspecified atom stereocenters. The number of thioether (sulfide) groups is 1. The van der Waals surface area contributed by atoms with Gasteiger partial charge in [0.1, 0.15) is 11.1 Å². The zero-order chi connectivity index (χ0) is 21.5. The average molecular weight is 469 g/mol. The molecule has 1 saturated carbocycles. The molecule has 0 bridgehead atoms. The highest BCUT2D eigenvalue weighted by atomic mass is 35.5. The Morgan fingerprint density at radius 2 is 1.97 bits per heavy atom. The summed E-state index contributed by atoms with van der Waals surface area (Å²) in [5.74, 6) is 0.728. The van der Waals surface area contributed by atoms with Gasteiger partial charge in [-0.1, -0.05) is 11.6 Å². The van der Waals surface area contributed by atoms with Gasteiger partial charge in [0.25, 0.3) is 5.91 Å². The largest absolute Gasteiger partial charge is 0.339 e. The SMILES string of the molecule is CSc1nc(C2CC2)cc(C(=O)N2CCC(c3nc4cc(Cl)ccc4s3)CC2)c1C#N. The lowest BCUT2D eigenvalue weighted by molar-refractivity contribution is 0.0712. The number of fused-ring (bicyclic) bond motifs is 1. The number of piperidine rings is 1. The Hall–Kier alpha value is -2.14. The van der Waals surface area contributed by atoms with E-state index in [-0.39, 0.29) is 5.91 Å². The third-order valence-electron chi connectivity index (χ3n) is 6.03. The predicted octanol–water partition coefficient (Wildman–Crippen LogP) is 5.84. The number of likely N-dealkylation sites (tertiary alicyclic amines) is 1. The van der Waals surface area contributed by atoms with Gasteiger partial charge in [-0.25, -0.2) is 9.97 Å². The van der Waals surface area contributed by atoms with Gasteiger partial charge in [0.2, 0.25) is 0 Å². The van der Waals surface area contributed by atoms with Crippen LogP contribution in [-0.2, 0) is 0 Å². The topological polar surface area (TPSA) is 69.9 Å². The van der Waals surface area contributed by atoms with E-state index in [0.717, 1.165) is 46.6 Å². The third kappa shape index (κ3) is 4.05. The van der Waals surface area contributed by atoms with Crippen LogP contribution in [0.4, 0.5) is 0 Å². The van der Waals surface area contributed by atoms with Crippen molar-refractivity contribution < 1.29 is 4.79 Å². The Kier molecular flexibility index (Phi) is 5.63. The fraction of sp³-hybridized carbons (Fsp3) is 0.391. The fourth-order valence-corrected chi connectivity index (χ4v) is 5.99. The summed E-state index contributed by atoms with van der Waals surface area (Å²) in [6.07, 6.45) is 5.87. The number of pyridine rings is 1. The maximum Gasteiger partial charge on any atom is 0.255 e. The molecule has 31 heavy (non-hydrogen) atoms. The van der Waals surface area contributed by atoms with Crippen molar-refractivity contribution in [2.24, 2.45) is 0 Å². The molecule has 158 valence electrons. The van der Waals surface area contributed by atoms with E-state index in [9.17, 15) is 10.1 Å². The maximum absolute atomic E-state index is 13.4. The second kappa shape index (κ2) is 8.42. The van der Waals surface area contributed by atoms with Crippen LogP contribution < -0.4 is 0 Å². The minimum atomic E-state index is -0.0503. The van der Waals surface area contributed by atoms with E-state index >= 15 is 0 Å². The highest BCUT2D eigenvalue weighted by Crippen LogP contribution is 2.41. The summed E-state index contributed by atoms with van der Waals surface area (Å²) in [5, 5.41) is 12.2. The van der Waals surface area contributed by atoms with Crippen molar-refractivity contribution in [3.8, 4) is 6.07 Å². The quantitative estimate of drug-likeness (QED) is 0.450. The number of aromatic nitrogens is 2. The first-order valence-electron chi connectivity index (χ1n) is 10.4. The number of benzene rings is 1. The van der Waals surface area contributed by atoms with Crippen LogP contribution in [0.25, 0.3) is 10.2 Å². The van der Waals surface area contributed by atoms with Crippen LogP contribution in [0.2, 0.25) is 5.02 Å². The second-order valence-corrected chi connectivity index (χ2v) is 10.4. The predicted molar refractivity (Wildman–Crippen MR) is 125 cm³/mol. The number of thiazole rings is 1. The summed E-state index contributed by atoms with van der Waals surface area (Å²) in [5.41, 5.74) is 2.82. The summed E-state index contributed by atoms with van der Waals surface area (Å²) >= 11 is 9.25. The summed E-state index contributed by atoms with van der Waals surface area (Å²) in [7, 11) is 0. The van der Waals surface area contributed by atoms with Crippen molar-refractivity contribution in [2.45, 2.75) is 42.5 Å². The first kappa shape index (κ1) is 20.7. The number of amides is 1. The highest BCUT2D eigenvalue weighted by molar-refractivity contribution is 7.98. The zero-order valence-corrected chi connectivity index (χ0v) is 19.5. The van der Waals surface area contributed by atoms with Gasteiger partial charge in [-0.15, -0.1) is 23.1 Å². The minimum absolute atomic E-state index is 0.0503. The van der Waals surface area contributed by atoms with Crippen molar-refractivity contribution in [3.05, 3.63) is 51.1 Å². The van der Waals surface area contributed by atoms with Crippen molar-refractivity contribution in [1.29, 1.82) is 5.26 Å². The molecule has 2 fully saturated rings. The Morgan fingerprint density at radius 3 is 2.65 bits per heavy atom. The molecular weight excluding hydrogens is 448 g/mol. The summed E-state index contributed by atoms with van der Waals surface area (Å²) in [6.45, 7) is 1.33. The highest BCUT2D eigenvalue weighted by Gasteiger charge is 2.31. The Labute approximate surface area is 194 Å². The van der Waals surface area contributed by atoms with E-state index in [1.54, 1.807) is 11.3 Å². The molecule has 8 heteroatoms. The van der Waals surface area contributed by atoms with Crippen LogP contribution in [-0.4, -0.2) is 40.1 Å². The minimum Gasteiger partial charge on any atom is -0.339 e. The molecule has 5 rings (SSSR count). The van der Waals surface area contributed by atoms with E-state index in [4.69, 9.17) is 16.6 Å². The Balaban J connectivity index is 1.35. The van der Waals surface area contributed by atoms with E-state index in [0.29, 0.717) is 46.1 Å². The van der Waals surface area contributed by atoms with Crippen LogP contribution >= 0.6 is 34.7 Å². The normalized spacial score (nSPS) is 17.1. The van der Waals surface area contributed by atoms with E-state index < -0.39 is 0 Å². The number of hydrogen-bond donors (Lipinski definition) is 0. The molecule has 5 nitrogen and oxygen atoms in total. The Bertz CT molecular complexity index is 1210. The number of nitrogens with zero attached hydrogens (tertiary/aromatic N) is 4. The van der Waals surface area contributed by atoms with Crippen LogP contribution in [0.15, 0.2) is 29.3 Å². The van der Waals surface area contributed by atoms with Crippen molar-refractivity contribution in [2.75, 3.05) is 19.3 Å². The van der Waals surface area contributed by atoms with Crippen LogP contribution in [0.5, 0.6) is 0 Å². The van der Waals surface area contributed by atoms with Gasteiger partial charge in [0.15, 0.2) is 0 Å². The van der Waals surface area contributed by atoms with Gasteiger partial charge in [0, 0.05) is 35.6 Å². The molecule has 0 N–H and O–H groups in total. The molecule has 1 aliphatic heterocycles. The number of hydrogen-bond acceptors (Lipinski definition) is 6. The van der Waals surface area contributed by atoms with Gasteiger partial charge in [-0.3, -0.25) is 4.79 Å². The molecule has 0 radical (unpaired) electrons. The van der Waals surface area contributed by atoms with Crippen LogP contribution in [0.3, 0.4) is 0 Å². The number of rotatable bonds is 4. The lowest BCUT2D eigenvalue weighted by Gasteiger charge is -2.31. The number of carbonyl (C=O) groups is 1. The summed E-state index contributed by atoms with van der Waals surface area (Å²) in [6, 6.07) is 9.91. The van der Waals surface area contributed by atoms with Gasteiger partial charge in [-0.05, 0) is 56.2 Å². The number of nitriles is 1. The molecule has 2 aliphatic rings. The molecule has 2 aromatic heterocycles. The van der Waals surface area contributed by atoms with Crippen molar-refractivity contribution in [1.82, 2.24) is 14.9 Å². The van der Waals surface area contributed by atoms with Crippen LogP contribution in [0.1, 0.15) is 64.1 Å². The van der Waals surface area contributed by atoms with Crippen molar-refractivity contribution in [3.63, 3.8) is 0 Å². The zero-order valence-electron chi connectivity index (χ0n) is 17.1. The number of halogens is 1. The summed E-state index contributed by atoms with van der Waals surface area (Å²) in [4.78, 5) is 24.7. The smallest absolute Gasteiger partial charge is 0.255 e. The van der Waals surface area contributed by atoms with Gasteiger partial charge >= 0.3 is 0 Å². The van der Waals surface area contributed by atoms with E-state index in [2.05, 4.69) is 11.1 Å². The van der Waals surface area contributed by atoms with Crippen LogP contribution in [0, 0.1) is 11.3 Å². The Morgan fingerprint density at radius 1 is 1.19 bits per heavy atom. The van der Waals surface area contributed by atoms with E-state index in [1.165, 1.54) is 11.8 Å². The third-order valence-corrected chi connectivity index (χ3v) is 8.15. The van der Waals surface area contributed by atoms with Gasteiger partial charge in [0.05, 0.1) is 26.4 Å². The average Bonchev–Trinajstić information content (AvgIpc) is 3.57. The molecule has 0 atom stereocenters. The molecule has 1 saturated heterocycles. The first-order chi connectivity index (χ1) is 15.1. The molecule has 1 amide bonds. The fourth-order valence-electron chi connectivity index (χ4n) is 4.15. The molecule has 3 aromatic rings. The van der Waals surface area contributed by atoms with Crippen molar-refractivity contribution >= 4 is 50.8 Å². The summed E-state index contributed by atoms with van der Waals surface area (Å²) < 4.78 is 1.14. The lowest BCUT2D eigenvalue weighted by atomic mass is 9.96. The molecular formula is C23H21ClN4OS2. The molecule has 0 spiro atoms. The molecule has 1 aromatic carbocycles. The standard InChI is InChI=1S/C23H21ClN4OS2/c1-30-22-17(12-25)16(11-18(26-22)13-2-3-13)23(29)28-8-6-14(7-9-28)21-27-19-10-15(24)4-5-20(19)31-21/h4-5,10-11,13-14H,2-3,6-9H2,1H3.